The van der Waals surface area contributed by atoms with Crippen LogP contribution in [0.5, 0.6) is 0 Å². The highest BCUT2D eigenvalue weighted by Gasteiger charge is 2.31. The molecule has 1 aliphatic rings. The SMILES string of the molecule is CCC(C)(C)C1CCc2nnc(NC)cc2C1. The first-order valence-electron chi connectivity index (χ1n) is 6.60. The van der Waals surface area contributed by atoms with Crippen molar-refractivity contribution in [3.8, 4) is 0 Å². The molecule has 17 heavy (non-hydrogen) atoms. The van der Waals surface area contributed by atoms with Gasteiger partial charge in [0.05, 0.1) is 5.69 Å². The highest BCUT2D eigenvalue weighted by atomic mass is 15.2. The summed E-state index contributed by atoms with van der Waals surface area (Å²) in [5.74, 6) is 1.66. The average molecular weight is 233 g/mol. The molecule has 0 saturated carbocycles. The monoisotopic (exact) mass is 233 g/mol. The minimum atomic E-state index is 0.431. The van der Waals surface area contributed by atoms with Crippen molar-refractivity contribution >= 4 is 5.82 Å². The lowest BCUT2D eigenvalue weighted by molar-refractivity contribution is 0.181. The van der Waals surface area contributed by atoms with Gasteiger partial charge in [-0.25, -0.2) is 0 Å². The van der Waals surface area contributed by atoms with Crippen molar-refractivity contribution in [2.24, 2.45) is 11.3 Å². The molecule has 0 bridgehead atoms. The van der Waals surface area contributed by atoms with Gasteiger partial charge in [-0.2, -0.15) is 5.10 Å². The number of aryl methyl sites for hydroxylation is 1. The second-order valence-electron chi connectivity index (χ2n) is 5.73. The molecule has 1 atom stereocenters. The van der Waals surface area contributed by atoms with E-state index in [0.29, 0.717) is 5.41 Å². The molecule has 1 unspecified atom stereocenters. The topological polar surface area (TPSA) is 37.8 Å². The summed E-state index contributed by atoms with van der Waals surface area (Å²) in [6.45, 7) is 7.06. The van der Waals surface area contributed by atoms with Crippen molar-refractivity contribution in [2.75, 3.05) is 12.4 Å². The third kappa shape index (κ3) is 2.43. The number of aromatic nitrogens is 2. The third-order valence-corrected chi connectivity index (χ3v) is 4.43. The van der Waals surface area contributed by atoms with Crippen LogP contribution in [0.2, 0.25) is 0 Å². The normalized spacial score (nSPS) is 19.9. The summed E-state index contributed by atoms with van der Waals surface area (Å²) < 4.78 is 0. The number of rotatable bonds is 3. The van der Waals surface area contributed by atoms with E-state index >= 15 is 0 Å². The van der Waals surface area contributed by atoms with Gasteiger partial charge in [-0.1, -0.05) is 27.2 Å². The van der Waals surface area contributed by atoms with Gasteiger partial charge < -0.3 is 5.32 Å². The van der Waals surface area contributed by atoms with Crippen LogP contribution in [0.15, 0.2) is 6.07 Å². The van der Waals surface area contributed by atoms with Crippen LogP contribution in [-0.2, 0) is 12.8 Å². The molecule has 2 rings (SSSR count). The first-order valence-corrected chi connectivity index (χ1v) is 6.60. The van der Waals surface area contributed by atoms with Gasteiger partial charge >= 0.3 is 0 Å². The van der Waals surface area contributed by atoms with Gasteiger partial charge in [-0.05, 0) is 42.2 Å². The Morgan fingerprint density at radius 1 is 1.41 bits per heavy atom. The molecule has 3 heteroatoms. The number of hydrogen-bond donors (Lipinski definition) is 1. The van der Waals surface area contributed by atoms with Crippen LogP contribution in [0.1, 0.15) is 44.9 Å². The van der Waals surface area contributed by atoms with Gasteiger partial charge in [-0.3, -0.25) is 0 Å². The molecule has 1 aromatic rings. The standard InChI is InChI=1S/C14H23N3/c1-5-14(2,3)11-6-7-12-10(8-11)9-13(15-4)17-16-12/h9,11H,5-8H2,1-4H3,(H,15,17). The lowest BCUT2D eigenvalue weighted by Gasteiger charge is -2.36. The van der Waals surface area contributed by atoms with E-state index in [1.54, 1.807) is 0 Å². The molecule has 1 aliphatic carbocycles. The molecule has 0 aromatic carbocycles. The van der Waals surface area contributed by atoms with Crippen molar-refractivity contribution in [3.05, 3.63) is 17.3 Å². The lowest BCUT2D eigenvalue weighted by atomic mass is 9.69. The quantitative estimate of drug-likeness (QED) is 0.872. The molecule has 0 fully saturated rings. The highest BCUT2D eigenvalue weighted by Crippen LogP contribution is 2.39. The van der Waals surface area contributed by atoms with Gasteiger partial charge in [0.15, 0.2) is 0 Å². The minimum absolute atomic E-state index is 0.431. The molecule has 94 valence electrons. The molecule has 0 radical (unpaired) electrons. The minimum Gasteiger partial charge on any atom is -0.372 e. The Labute approximate surface area is 104 Å². The number of nitrogens with zero attached hydrogens (tertiary/aromatic N) is 2. The number of nitrogens with one attached hydrogen (secondary N) is 1. The summed E-state index contributed by atoms with van der Waals surface area (Å²) >= 11 is 0. The largest absolute Gasteiger partial charge is 0.372 e. The fourth-order valence-electron chi connectivity index (χ4n) is 2.60. The number of hydrogen-bond acceptors (Lipinski definition) is 3. The average Bonchev–Trinajstić information content (AvgIpc) is 2.37. The van der Waals surface area contributed by atoms with Gasteiger partial charge in [0, 0.05) is 7.05 Å². The zero-order valence-corrected chi connectivity index (χ0v) is 11.4. The van der Waals surface area contributed by atoms with E-state index in [0.717, 1.165) is 24.6 Å². The van der Waals surface area contributed by atoms with Crippen molar-refractivity contribution in [3.63, 3.8) is 0 Å². The molecule has 0 amide bonds. The van der Waals surface area contributed by atoms with Crippen LogP contribution < -0.4 is 5.32 Å². The van der Waals surface area contributed by atoms with Gasteiger partial charge in [0.25, 0.3) is 0 Å². The first kappa shape index (κ1) is 12.3. The van der Waals surface area contributed by atoms with E-state index in [-0.39, 0.29) is 0 Å². The maximum absolute atomic E-state index is 4.32. The summed E-state index contributed by atoms with van der Waals surface area (Å²) in [5, 5.41) is 11.5. The van der Waals surface area contributed by atoms with Crippen LogP contribution in [-0.4, -0.2) is 17.2 Å². The molecule has 1 N–H and O–H groups in total. The second kappa shape index (κ2) is 4.63. The Hall–Kier alpha value is -1.12. The molecule has 0 spiro atoms. The fourth-order valence-corrected chi connectivity index (χ4v) is 2.60. The Bertz CT molecular complexity index is 398. The van der Waals surface area contributed by atoms with Crippen LogP contribution >= 0.6 is 0 Å². The van der Waals surface area contributed by atoms with E-state index in [1.165, 1.54) is 24.1 Å². The number of anilines is 1. The summed E-state index contributed by atoms with van der Waals surface area (Å²) in [4.78, 5) is 0. The van der Waals surface area contributed by atoms with Crippen molar-refractivity contribution in [1.82, 2.24) is 10.2 Å². The summed E-state index contributed by atoms with van der Waals surface area (Å²) in [6, 6.07) is 2.17. The lowest BCUT2D eigenvalue weighted by Crippen LogP contribution is -2.29. The summed E-state index contributed by atoms with van der Waals surface area (Å²) in [7, 11) is 1.90. The maximum atomic E-state index is 4.32. The van der Waals surface area contributed by atoms with E-state index in [9.17, 15) is 0 Å². The third-order valence-electron chi connectivity index (χ3n) is 4.43. The molecule has 1 heterocycles. The van der Waals surface area contributed by atoms with Crippen LogP contribution in [0, 0.1) is 11.3 Å². The predicted octanol–water partition coefficient (Wildman–Crippen LogP) is 3.06. The Morgan fingerprint density at radius 3 is 2.82 bits per heavy atom. The van der Waals surface area contributed by atoms with Gasteiger partial charge in [0.1, 0.15) is 5.82 Å². The van der Waals surface area contributed by atoms with Crippen molar-refractivity contribution < 1.29 is 0 Å². The van der Waals surface area contributed by atoms with E-state index < -0.39 is 0 Å². The Kier molecular flexibility index (Phi) is 3.36. The molecule has 0 aliphatic heterocycles. The first-order chi connectivity index (χ1) is 8.06. The van der Waals surface area contributed by atoms with Crippen molar-refractivity contribution in [2.45, 2.75) is 46.5 Å². The molecular weight excluding hydrogens is 210 g/mol. The zero-order chi connectivity index (χ0) is 12.5. The Morgan fingerprint density at radius 2 is 2.18 bits per heavy atom. The smallest absolute Gasteiger partial charge is 0.148 e. The number of fused-ring (bicyclic) bond motifs is 1. The summed E-state index contributed by atoms with van der Waals surface area (Å²) in [6.07, 6.45) is 4.73. The zero-order valence-electron chi connectivity index (χ0n) is 11.4. The van der Waals surface area contributed by atoms with Gasteiger partial charge in [-0.15, -0.1) is 5.10 Å². The second-order valence-corrected chi connectivity index (χ2v) is 5.73. The van der Waals surface area contributed by atoms with Crippen LogP contribution in [0.25, 0.3) is 0 Å². The predicted molar refractivity (Wildman–Crippen MR) is 71.2 cm³/mol. The van der Waals surface area contributed by atoms with Gasteiger partial charge in [0.2, 0.25) is 0 Å². The van der Waals surface area contributed by atoms with Crippen LogP contribution in [0.4, 0.5) is 5.82 Å². The summed E-state index contributed by atoms with van der Waals surface area (Å²) in [5.41, 5.74) is 3.02. The fraction of sp³-hybridized carbons (Fsp3) is 0.714. The maximum Gasteiger partial charge on any atom is 0.148 e. The highest BCUT2D eigenvalue weighted by molar-refractivity contribution is 5.38. The van der Waals surface area contributed by atoms with Crippen molar-refractivity contribution in [1.29, 1.82) is 0 Å². The van der Waals surface area contributed by atoms with Crippen LogP contribution in [0.3, 0.4) is 0 Å². The van der Waals surface area contributed by atoms with E-state index in [1.807, 2.05) is 7.05 Å². The molecule has 0 saturated heterocycles. The molecule has 1 aromatic heterocycles. The van der Waals surface area contributed by atoms with E-state index in [4.69, 9.17) is 0 Å². The Balaban J connectivity index is 2.22. The molecule has 3 nitrogen and oxygen atoms in total. The molecular formula is C14H23N3. The van der Waals surface area contributed by atoms with E-state index in [2.05, 4.69) is 42.4 Å².